The van der Waals surface area contributed by atoms with E-state index in [4.69, 9.17) is 0 Å². The lowest BCUT2D eigenvalue weighted by Crippen LogP contribution is -2.00. The number of halogens is 3. The number of anilines is 1. The van der Waals surface area contributed by atoms with Gasteiger partial charge in [0.1, 0.15) is 11.6 Å². The molecule has 0 unspecified atom stereocenters. The molecule has 0 atom stereocenters. The summed E-state index contributed by atoms with van der Waals surface area (Å²) in [5, 5.41) is 2.89. The summed E-state index contributed by atoms with van der Waals surface area (Å²) in [5.74, 6) is -0.942. The van der Waals surface area contributed by atoms with Gasteiger partial charge in [-0.1, -0.05) is 0 Å². The Bertz CT molecular complexity index is 539. The molecular weight excluding hydrogens is 308 g/mol. The first-order valence-electron chi connectivity index (χ1n) is 5.00. The maximum absolute atomic E-state index is 13.5. The molecular formula is C12H10BrF2NS. The van der Waals surface area contributed by atoms with Crippen LogP contribution in [0.3, 0.4) is 0 Å². The van der Waals surface area contributed by atoms with Crippen LogP contribution < -0.4 is 5.32 Å². The van der Waals surface area contributed by atoms with Crippen molar-refractivity contribution >= 4 is 33.0 Å². The van der Waals surface area contributed by atoms with E-state index in [1.807, 2.05) is 19.1 Å². The zero-order chi connectivity index (χ0) is 12.4. The third kappa shape index (κ3) is 3.04. The van der Waals surface area contributed by atoms with Crippen LogP contribution in [-0.4, -0.2) is 0 Å². The second-order valence-electron chi connectivity index (χ2n) is 3.61. The molecule has 17 heavy (non-hydrogen) atoms. The summed E-state index contributed by atoms with van der Waals surface area (Å²) >= 11 is 4.57. The minimum absolute atomic E-state index is 0.132. The number of hydrogen-bond acceptors (Lipinski definition) is 2. The summed E-state index contributed by atoms with van der Waals surface area (Å²) in [7, 11) is 0. The molecule has 1 N–H and O–H groups in total. The van der Waals surface area contributed by atoms with Crippen LogP contribution in [0, 0.1) is 18.6 Å². The number of nitrogens with one attached hydrogen (secondary N) is 1. The van der Waals surface area contributed by atoms with E-state index in [1.54, 1.807) is 11.3 Å². The van der Waals surface area contributed by atoms with E-state index >= 15 is 0 Å². The standard InChI is InChI=1S/C12H10BrF2NS/c1-7-2-3-8(17-7)6-16-12-5-10(14)9(13)4-11(12)15/h2-5,16H,6H2,1H3. The van der Waals surface area contributed by atoms with Gasteiger partial charge in [0.2, 0.25) is 0 Å². The Labute approximate surface area is 111 Å². The summed E-state index contributed by atoms with van der Waals surface area (Å²) < 4.78 is 26.9. The van der Waals surface area contributed by atoms with Gasteiger partial charge in [0.05, 0.1) is 10.2 Å². The van der Waals surface area contributed by atoms with Crippen LogP contribution in [0.1, 0.15) is 9.75 Å². The fourth-order valence-electron chi connectivity index (χ4n) is 1.42. The summed E-state index contributed by atoms with van der Waals surface area (Å²) in [4.78, 5) is 2.29. The van der Waals surface area contributed by atoms with E-state index in [9.17, 15) is 8.78 Å². The van der Waals surface area contributed by atoms with Crippen LogP contribution >= 0.6 is 27.3 Å². The minimum atomic E-state index is -0.476. The first kappa shape index (κ1) is 12.5. The largest absolute Gasteiger partial charge is 0.378 e. The van der Waals surface area contributed by atoms with Crippen molar-refractivity contribution in [3.05, 3.63) is 50.1 Å². The summed E-state index contributed by atoms with van der Waals surface area (Å²) in [6, 6.07) is 6.25. The highest BCUT2D eigenvalue weighted by Gasteiger charge is 2.08. The van der Waals surface area contributed by atoms with Crippen LogP contribution in [0.25, 0.3) is 0 Å². The number of aryl methyl sites for hydroxylation is 1. The van der Waals surface area contributed by atoms with E-state index in [2.05, 4.69) is 21.2 Å². The molecule has 0 saturated heterocycles. The molecule has 0 amide bonds. The lowest BCUT2D eigenvalue weighted by atomic mass is 10.3. The molecule has 0 aliphatic heterocycles. The maximum Gasteiger partial charge on any atom is 0.147 e. The third-order valence-corrected chi connectivity index (χ3v) is 3.87. The predicted octanol–water partition coefficient (Wildman–Crippen LogP) is 4.71. The van der Waals surface area contributed by atoms with E-state index in [-0.39, 0.29) is 10.2 Å². The van der Waals surface area contributed by atoms with E-state index in [0.29, 0.717) is 6.54 Å². The van der Waals surface area contributed by atoms with Crippen LogP contribution in [0.15, 0.2) is 28.7 Å². The van der Waals surface area contributed by atoms with Crippen LogP contribution in [-0.2, 0) is 6.54 Å². The molecule has 90 valence electrons. The SMILES string of the molecule is Cc1ccc(CNc2cc(F)c(Br)cc2F)s1. The van der Waals surface area contributed by atoms with Gasteiger partial charge in [0.15, 0.2) is 0 Å². The Morgan fingerprint density at radius 2 is 2.00 bits per heavy atom. The molecule has 1 nitrogen and oxygen atoms in total. The third-order valence-electron chi connectivity index (χ3n) is 2.26. The number of thiophene rings is 1. The Kier molecular flexibility index (Phi) is 3.79. The molecule has 2 rings (SSSR count). The number of benzene rings is 1. The molecule has 1 aromatic heterocycles. The van der Waals surface area contributed by atoms with Crippen molar-refractivity contribution in [3.63, 3.8) is 0 Å². The van der Waals surface area contributed by atoms with Crippen LogP contribution in [0.2, 0.25) is 0 Å². The lowest BCUT2D eigenvalue weighted by Gasteiger charge is -2.07. The average molecular weight is 318 g/mol. The molecule has 0 radical (unpaired) electrons. The van der Waals surface area contributed by atoms with Gasteiger partial charge in [-0.3, -0.25) is 0 Å². The highest BCUT2D eigenvalue weighted by atomic mass is 79.9. The van der Waals surface area contributed by atoms with E-state index in [0.717, 1.165) is 17.0 Å². The number of hydrogen-bond donors (Lipinski definition) is 1. The quantitative estimate of drug-likeness (QED) is 0.808. The molecule has 0 fully saturated rings. The highest BCUT2D eigenvalue weighted by molar-refractivity contribution is 9.10. The average Bonchev–Trinajstić information content (AvgIpc) is 2.68. The van der Waals surface area contributed by atoms with Crippen molar-refractivity contribution in [2.24, 2.45) is 0 Å². The van der Waals surface area contributed by atoms with Gasteiger partial charge >= 0.3 is 0 Å². The lowest BCUT2D eigenvalue weighted by molar-refractivity contribution is 0.596. The molecule has 0 spiro atoms. The van der Waals surface area contributed by atoms with Crippen molar-refractivity contribution in [2.75, 3.05) is 5.32 Å². The second-order valence-corrected chi connectivity index (χ2v) is 5.84. The zero-order valence-electron chi connectivity index (χ0n) is 9.06. The summed E-state index contributed by atoms with van der Waals surface area (Å²) in [6.07, 6.45) is 0. The van der Waals surface area contributed by atoms with Crippen molar-refractivity contribution in [3.8, 4) is 0 Å². The molecule has 1 heterocycles. The zero-order valence-corrected chi connectivity index (χ0v) is 11.5. The molecule has 5 heteroatoms. The van der Waals surface area contributed by atoms with Crippen LogP contribution in [0.5, 0.6) is 0 Å². The normalized spacial score (nSPS) is 10.6. The first-order valence-corrected chi connectivity index (χ1v) is 6.61. The molecule has 0 aliphatic carbocycles. The first-order chi connectivity index (χ1) is 8.06. The van der Waals surface area contributed by atoms with E-state index in [1.165, 1.54) is 4.88 Å². The molecule has 0 aliphatic rings. The Hall–Kier alpha value is -0.940. The van der Waals surface area contributed by atoms with Gasteiger partial charge in [-0.15, -0.1) is 11.3 Å². The van der Waals surface area contributed by atoms with E-state index < -0.39 is 11.6 Å². The number of rotatable bonds is 3. The smallest absolute Gasteiger partial charge is 0.147 e. The van der Waals surface area contributed by atoms with Gasteiger partial charge < -0.3 is 5.32 Å². The van der Waals surface area contributed by atoms with Gasteiger partial charge in [-0.25, -0.2) is 8.78 Å². The molecule has 0 bridgehead atoms. The Morgan fingerprint density at radius 1 is 1.24 bits per heavy atom. The van der Waals surface area contributed by atoms with Gasteiger partial charge in [-0.05, 0) is 41.1 Å². The molecule has 0 saturated carbocycles. The topological polar surface area (TPSA) is 12.0 Å². The van der Waals surface area contributed by atoms with Gasteiger partial charge in [-0.2, -0.15) is 0 Å². The Morgan fingerprint density at radius 3 is 2.65 bits per heavy atom. The fourth-order valence-corrected chi connectivity index (χ4v) is 2.57. The maximum atomic E-state index is 13.5. The van der Waals surface area contributed by atoms with Crippen molar-refractivity contribution in [1.82, 2.24) is 0 Å². The predicted molar refractivity (Wildman–Crippen MR) is 70.4 cm³/mol. The van der Waals surface area contributed by atoms with Gasteiger partial charge in [0.25, 0.3) is 0 Å². The highest BCUT2D eigenvalue weighted by Crippen LogP contribution is 2.24. The second kappa shape index (κ2) is 5.14. The van der Waals surface area contributed by atoms with Gasteiger partial charge in [0, 0.05) is 22.4 Å². The van der Waals surface area contributed by atoms with Crippen molar-refractivity contribution in [2.45, 2.75) is 13.5 Å². The minimum Gasteiger partial charge on any atom is -0.378 e. The monoisotopic (exact) mass is 317 g/mol. The summed E-state index contributed by atoms with van der Waals surface area (Å²) in [5.41, 5.74) is 0.178. The summed E-state index contributed by atoms with van der Waals surface area (Å²) in [6.45, 7) is 2.50. The van der Waals surface area contributed by atoms with Crippen molar-refractivity contribution in [1.29, 1.82) is 0 Å². The van der Waals surface area contributed by atoms with Crippen LogP contribution in [0.4, 0.5) is 14.5 Å². The molecule has 1 aromatic carbocycles. The fraction of sp³-hybridized carbons (Fsp3) is 0.167. The van der Waals surface area contributed by atoms with Crippen molar-refractivity contribution < 1.29 is 8.78 Å². The Balaban J connectivity index is 2.11. The molecule has 2 aromatic rings.